The fourth-order valence-corrected chi connectivity index (χ4v) is 4.51. The van der Waals surface area contributed by atoms with Gasteiger partial charge >= 0.3 is 0 Å². The third-order valence-corrected chi connectivity index (χ3v) is 6.29. The first kappa shape index (κ1) is 16.6. The minimum atomic E-state index is -0.0295. The summed E-state index contributed by atoms with van der Waals surface area (Å²) < 4.78 is 0. The van der Waals surface area contributed by atoms with Crippen molar-refractivity contribution >= 4 is 27.4 Å². The molecule has 2 unspecified atom stereocenters. The van der Waals surface area contributed by atoms with Gasteiger partial charge in [-0.3, -0.25) is 4.90 Å². The van der Waals surface area contributed by atoms with Crippen LogP contribution in [0, 0.1) is 19.3 Å². The van der Waals surface area contributed by atoms with Crippen molar-refractivity contribution in [2.24, 2.45) is 5.41 Å². The van der Waals surface area contributed by atoms with E-state index in [9.17, 15) is 5.11 Å². The molecular weight excluding hydrogens is 308 g/mol. The number of rotatable bonds is 3. The zero-order valence-electron chi connectivity index (χ0n) is 14.4. The Morgan fingerprint density at radius 1 is 1.39 bits per heavy atom. The quantitative estimate of drug-likeness (QED) is 0.902. The van der Waals surface area contributed by atoms with Crippen molar-refractivity contribution in [3.63, 3.8) is 0 Å². The number of anilines is 1. The van der Waals surface area contributed by atoms with Crippen molar-refractivity contribution in [3.05, 3.63) is 16.3 Å². The van der Waals surface area contributed by atoms with Crippen LogP contribution in [0.25, 0.3) is 10.2 Å². The summed E-state index contributed by atoms with van der Waals surface area (Å²) in [5.74, 6) is 1.37. The molecule has 0 amide bonds. The molecule has 3 rings (SSSR count). The van der Waals surface area contributed by atoms with Gasteiger partial charge in [-0.1, -0.05) is 6.92 Å². The maximum Gasteiger partial charge on any atom is 0.149 e. The zero-order valence-corrected chi connectivity index (χ0v) is 15.2. The Bertz CT molecular complexity index is 729. The normalized spacial score (nSPS) is 24.2. The minimum Gasteiger partial charge on any atom is -0.396 e. The van der Waals surface area contributed by atoms with Gasteiger partial charge in [0, 0.05) is 23.4 Å². The van der Waals surface area contributed by atoms with Crippen LogP contribution in [-0.4, -0.2) is 39.7 Å². The van der Waals surface area contributed by atoms with Gasteiger partial charge in [0.05, 0.1) is 11.4 Å². The van der Waals surface area contributed by atoms with Gasteiger partial charge < -0.3 is 10.8 Å². The van der Waals surface area contributed by atoms with Gasteiger partial charge in [-0.2, -0.15) is 0 Å². The summed E-state index contributed by atoms with van der Waals surface area (Å²) in [6.07, 6.45) is 2.16. The van der Waals surface area contributed by atoms with Crippen LogP contribution in [0.4, 0.5) is 5.82 Å². The maximum absolute atomic E-state index is 9.66. The standard InChI is InChI=1S/C17H26N4OS/c1-10-12(3)23-16-13(10)14(18)19-15(20-16)11(2)21-7-5-6-17(4,8-21)9-22/h11,22H,5-9H2,1-4H3,(H2,18,19,20). The number of hydrogen-bond acceptors (Lipinski definition) is 6. The summed E-state index contributed by atoms with van der Waals surface area (Å²) in [6.45, 7) is 10.6. The summed E-state index contributed by atoms with van der Waals surface area (Å²) in [7, 11) is 0. The number of piperidine rings is 1. The highest BCUT2D eigenvalue weighted by atomic mass is 32.1. The van der Waals surface area contributed by atoms with Crippen LogP contribution in [0.1, 0.15) is 49.0 Å². The van der Waals surface area contributed by atoms with Gasteiger partial charge in [0.1, 0.15) is 16.5 Å². The van der Waals surface area contributed by atoms with Gasteiger partial charge in [-0.15, -0.1) is 11.3 Å². The highest BCUT2D eigenvalue weighted by molar-refractivity contribution is 7.18. The van der Waals surface area contributed by atoms with Crippen LogP contribution in [0.15, 0.2) is 0 Å². The van der Waals surface area contributed by atoms with E-state index in [1.165, 1.54) is 10.4 Å². The first-order valence-electron chi connectivity index (χ1n) is 8.22. The molecule has 2 aromatic rings. The van der Waals surface area contributed by atoms with E-state index in [1.807, 2.05) is 0 Å². The predicted molar refractivity (Wildman–Crippen MR) is 95.7 cm³/mol. The molecule has 1 fully saturated rings. The molecule has 23 heavy (non-hydrogen) atoms. The van der Waals surface area contributed by atoms with Crippen LogP contribution in [0.5, 0.6) is 0 Å². The number of nitrogens with zero attached hydrogens (tertiary/aromatic N) is 3. The molecule has 5 nitrogen and oxygen atoms in total. The van der Waals surface area contributed by atoms with Gasteiger partial charge in [-0.25, -0.2) is 9.97 Å². The molecule has 0 saturated carbocycles. The van der Waals surface area contributed by atoms with E-state index < -0.39 is 0 Å². The number of nitrogen functional groups attached to an aromatic ring is 1. The van der Waals surface area contributed by atoms with Crippen LogP contribution < -0.4 is 5.73 Å². The molecule has 0 aliphatic carbocycles. The summed E-state index contributed by atoms with van der Waals surface area (Å²) >= 11 is 1.69. The Hall–Kier alpha value is -1.24. The van der Waals surface area contributed by atoms with Gasteiger partial charge in [0.15, 0.2) is 0 Å². The van der Waals surface area contributed by atoms with Crippen molar-refractivity contribution in [1.29, 1.82) is 0 Å². The highest BCUT2D eigenvalue weighted by Crippen LogP contribution is 2.36. The van der Waals surface area contributed by atoms with E-state index in [1.54, 1.807) is 11.3 Å². The monoisotopic (exact) mass is 334 g/mol. The molecule has 0 radical (unpaired) electrons. The van der Waals surface area contributed by atoms with E-state index in [4.69, 9.17) is 10.7 Å². The lowest BCUT2D eigenvalue weighted by molar-refractivity contribution is 0.0264. The zero-order chi connectivity index (χ0) is 16.8. The van der Waals surface area contributed by atoms with E-state index in [0.717, 1.165) is 42.0 Å². The fraction of sp³-hybridized carbons (Fsp3) is 0.647. The van der Waals surface area contributed by atoms with E-state index in [0.29, 0.717) is 5.82 Å². The molecule has 6 heteroatoms. The highest BCUT2D eigenvalue weighted by Gasteiger charge is 2.33. The SMILES string of the molecule is Cc1sc2nc(C(C)N3CCCC(C)(CO)C3)nc(N)c2c1C. The molecule has 0 aromatic carbocycles. The fourth-order valence-electron chi connectivity index (χ4n) is 3.46. The average molecular weight is 334 g/mol. The largest absolute Gasteiger partial charge is 0.396 e. The number of aliphatic hydroxyl groups excluding tert-OH is 1. The van der Waals surface area contributed by atoms with E-state index in [2.05, 4.69) is 37.6 Å². The van der Waals surface area contributed by atoms with E-state index >= 15 is 0 Å². The molecule has 1 aliphatic rings. The third kappa shape index (κ3) is 2.95. The number of fused-ring (bicyclic) bond motifs is 1. The van der Waals surface area contributed by atoms with Crippen molar-refractivity contribution in [3.8, 4) is 0 Å². The summed E-state index contributed by atoms with van der Waals surface area (Å²) in [6, 6.07) is 0.107. The molecule has 3 N–H and O–H groups in total. The molecule has 2 atom stereocenters. The topological polar surface area (TPSA) is 75.3 Å². The number of aromatic nitrogens is 2. The number of hydrogen-bond donors (Lipinski definition) is 2. The Morgan fingerprint density at radius 3 is 2.83 bits per heavy atom. The second-order valence-electron chi connectivity index (χ2n) is 7.15. The molecule has 2 aromatic heterocycles. The Morgan fingerprint density at radius 2 is 2.13 bits per heavy atom. The van der Waals surface area contributed by atoms with Crippen molar-refractivity contribution in [1.82, 2.24) is 14.9 Å². The Labute approximate surface area is 141 Å². The molecule has 0 spiro atoms. The molecular formula is C17H26N4OS. The molecule has 126 valence electrons. The lowest BCUT2D eigenvalue weighted by atomic mass is 9.82. The predicted octanol–water partition coefficient (Wildman–Crippen LogP) is 3.05. The average Bonchev–Trinajstić information content (AvgIpc) is 2.81. The van der Waals surface area contributed by atoms with Crippen molar-refractivity contribution in [2.45, 2.75) is 46.6 Å². The van der Waals surface area contributed by atoms with Crippen LogP contribution in [0.3, 0.4) is 0 Å². The van der Waals surface area contributed by atoms with Gasteiger partial charge in [-0.05, 0) is 45.7 Å². The Balaban J connectivity index is 1.93. The van der Waals surface area contributed by atoms with Gasteiger partial charge in [0.25, 0.3) is 0 Å². The van der Waals surface area contributed by atoms with Crippen molar-refractivity contribution in [2.75, 3.05) is 25.4 Å². The maximum atomic E-state index is 9.66. The van der Waals surface area contributed by atoms with E-state index in [-0.39, 0.29) is 18.1 Å². The first-order chi connectivity index (χ1) is 10.8. The summed E-state index contributed by atoms with van der Waals surface area (Å²) in [4.78, 5) is 14.0. The lowest BCUT2D eigenvalue weighted by Gasteiger charge is -2.41. The van der Waals surface area contributed by atoms with Crippen molar-refractivity contribution < 1.29 is 5.11 Å². The summed E-state index contributed by atoms with van der Waals surface area (Å²) in [5.41, 5.74) is 7.37. The smallest absolute Gasteiger partial charge is 0.149 e. The molecule has 1 saturated heterocycles. The van der Waals surface area contributed by atoms with Crippen LogP contribution in [-0.2, 0) is 0 Å². The second kappa shape index (κ2) is 6.00. The number of likely N-dealkylation sites (tertiary alicyclic amines) is 1. The summed E-state index contributed by atoms with van der Waals surface area (Å²) in [5, 5.41) is 10.7. The van der Waals surface area contributed by atoms with Crippen LogP contribution >= 0.6 is 11.3 Å². The second-order valence-corrected chi connectivity index (χ2v) is 8.35. The molecule has 0 bridgehead atoms. The van der Waals surface area contributed by atoms with Gasteiger partial charge in [0.2, 0.25) is 0 Å². The third-order valence-electron chi connectivity index (χ3n) is 5.19. The first-order valence-corrected chi connectivity index (χ1v) is 9.04. The Kier molecular flexibility index (Phi) is 4.33. The molecule has 1 aliphatic heterocycles. The number of nitrogens with two attached hydrogens (primary N) is 1. The molecule has 3 heterocycles. The number of thiophene rings is 1. The number of aliphatic hydroxyl groups is 1. The lowest BCUT2D eigenvalue weighted by Crippen LogP contribution is -2.44. The van der Waals surface area contributed by atoms with Crippen LogP contribution in [0.2, 0.25) is 0 Å². The number of aryl methyl sites for hydroxylation is 2. The minimum absolute atomic E-state index is 0.0295.